The summed E-state index contributed by atoms with van der Waals surface area (Å²) in [6, 6.07) is 11.6. The fourth-order valence-corrected chi connectivity index (χ4v) is 2.93. The fraction of sp³-hybridized carbons (Fsp3) is 0.100. The number of carbonyl (C=O) groups is 3. The second-order valence-electron chi connectivity index (χ2n) is 6.02. The predicted octanol–water partition coefficient (Wildman–Crippen LogP) is 2.28. The molecule has 3 amide bonds. The molecule has 1 fully saturated rings. The number of para-hydroxylation sites is 1. The number of ether oxygens (including phenoxy) is 2. The highest BCUT2D eigenvalue weighted by molar-refractivity contribution is 7.80. The Morgan fingerprint density at radius 1 is 1.13 bits per heavy atom. The van der Waals surface area contributed by atoms with Crippen LogP contribution in [-0.4, -0.2) is 36.6 Å². The quantitative estimate of drug-likeness (QED) is 0.358. The highest BCUT2D eigenvalue weighted by Gasteiger charge is 2.25. The lowest BCUT2D eigenvalue weighted by molar-refractivity contribution is -0.123. The molecular weight excluding hydrogens is 430 g/mol. The number of rotatable bonds is 6. The third-order valence-corrected chi connectivity index (χ3v) is 4.48. The number of halogens is 1. The van der Waals surface area contributed by atoms with Crippen LogP contribution in [0.15, 0.2) is 48.0 Å². The zero-order chi connectivity index (χ0) is 21.7. The molecular formula is C20H16ClN3O5S. The van der Waals surface area contributed by atoms with Crippen LogP contribution < -0.4 is 25.4 Å². The van der Waals surface area contributed by atoms with Gasteiger partial charge < -0.3 is 14.8 Å². The van der Waals surface area contributed by atoms with Crippen molar-refractivity contribution >= 4 is 58.4 Å². The van der Waals surface area contributed by atoms with E-state index in [2.05, 4.69) is 16.0 Å². The molecule has 0 atom stereocenters. The molecule has 0 saturated carbocycles. The van der Waals surface area contributed by atoms with Crippen molar-refractivity contribution in [1.29, 1.82) is 0 Å². The van der Waals surface area contributed by atoms with Crippen LogP contribution in [0.25, 0.3) is 6.08 Å². The van der Waals surface area contributed by atoms with Gasteiger partial charge in [0.1, 0.15) is 5.57 Å². The van der Waals surface area contributed by atoms with Gasteiger partial charge in [-0.25, -0.2) is 0 Å². The Bertz CT molecular complexity index is 1050. The second-order valence-corrected chi connectivity index (χ2v) is 6.84. The number of hydrogen-bond donors (Lipinski definition) is 3. The van der Waals surface area contributed by atoms with E-state index in [1.807, 2.05) is 0 Å². The van der Waals surface area contributed by atoms with Crippen LogP contribution in [-0.2, 0) is 14.4 Å². The van der Waals surface area contributed by atoms with Crippen LogP contribution in [0, 0.1) is 0 Å². The molecule has 1 heterocycles. The molecule has 154 valence electrons. The maximum absolute atomic E-state index is 12.1. The standard InChI is InChI=1S/C20H16ClN3O5S/c1-28-16-9-11(8-12-18(26)23-20(30)24-19(12)27)6-7-15(16)29-10-17(25)22-14-5-3-2-4-13(14)21/h2-9H,10H2,1H3,(H,22,25)(H2,23,24,26,27,30). The Kier molecular flexibility index (Phi) is 6.65. The Balaban J connectivity index is 1.70. The first-order valence-corrected chi connectivity index (χ1v) is 9.39. The minimum absolute atomic E-state index is 0.0430. The largest absolute Gasteiger partial charge is 0.493 e. The van der Waals surface area contributed by atoms with Gasteiger partial charge in [0, 0.05) is 0 Å². The van der Waals surface area contributed by atoms with E-state index < -0.39 is 17.7 Å². The van der Waals surface area contributed by atoms with E-state index in [4.69, 9.17) is 33.3 Å². The van der Waals surface area contributed by atoms with Crippen LogP contribution in [0.4, 0.5) is 5.69 Å². The molecule has 0 aromatic heterocycles. The third-order valence-electron chi connectivity index (χ3n) is 3.95. The van der Waals surface area contributed by atoms with E-state index in [-0.39, 0.29) is 17.3 Å². The van der Waals surface area contributed by atoms with Crippen molar-refractivity contribution in [1.82, 2.24) is 10.6 Å². The number of nitrogens with one attached hydrogen (secondary N) is 3. The van der Waals surface area contributed by atoms with Crippen molar-refractivity contribution in [3.63, 3.8) is 0 Å². The van der Waals surface area contributed by atoms with Gasteiger partial charge in [0.25, 0.3) is 17.7 Å². The number of carbonyl (C=O) groups excluding carboxylic acids is 3. The van der Waals surface area contributed by atoms with Gasteiger partial charge in [0.2, 0.25) is 0 Å². The molecule has 0 aliphatic carbocycles. The van der Waals surface area contributed by atoms with Crippen molar-refractivity contribution in [2.75, 3.05) is 19.0 Å². The molecule has 3 rings (SSSR count). The summed E-state index contributed by atoms with van der Waals surface area (Å²) in [6.45, 7) is -0.274. The van der Waals surface area contributed by atoms with Crippen molar-refractivity contribution in [3.8, 4) is 11.5 Å². The van der Waals surface area contributed by atoms with Gasteiger partial charge in [-0.15, -0.1) is 0 Å². The molecule has 1 saturated heterocycles. The average Bonchev–Trinajstić information content (AvgIpc) is 2.71. The normalized spacial score (nSPS) is 13.3. The molecule has 10 heteroatoms. The Morgan fingerprint density at radius 2 is 1.83 bits per heavy atom. The molecule has 2 aromatic rings. The van der Waals surface area contributed by atoms with E-state index in [0.717, 1.165) is 0 Å². The molecule has 30 heavy (non-hydrogen) atoms. The topological polar surface area (TPSA) is 106 Å². The van der Waals surface area contributed by atoms with Crippen LogP contribution in [0.3, 0.4) is 0 Å². The van der Waals surface area contributed by atoms with Gasteiger partial charge >= 0.3 is 0 Å². The first kappa shape index (κ1) is 21.3. The van der Waals surface area contributed by atoms with E-state index in [1.165, 1.54) is 13.2 Å². The molecule has 2 aromatic carbocycles. The van der Waals surface area contributed by atoms with Crippen molar-refractivity contribution < 1.29 is 23.9 Å². The molecule has 0 spiro atoms. The first-order valence-electron chi connectivity index (χ1n) is 8.61. The molecule has 8 nitrogen and oxygen atoms in total. The monoisotopic (exact) mass is 445 g/mol. The SMILES string of the molecule is COc1cc(C=C2C(=O)NC(=S)NC2=O)ccc1OCC(=O)Nc1ccccc1Cl. The molecule has 1 aliphatic rings. The Hall–Kier alpha value is -3.43. The van der Waals surface area contributed by atoms with Gasteiger partial charge in [-0.2, -0.15) is 0 Å². The molecule has 3 N–H and O–H groups in total. The van der Waals surface area contributed by atoms with Gasteiger partial charge in [0.15, 0.2) is 23.2 Å². The third kappa shape index (κ3) is 5.13. The van der Waals surface area contributed by atoms with Crippen LogP contribution in [0.2, 0.25) is 5.02 Å². The minimum atomic E-state index is -0.598. The summed E-state index contributed by atoms with van der Waals surface area (Å²) in [5.74, 6) is -0.962. The highest BCUT2D eigenvalue weighted by atomic mass is 35.5. The average molecular weight is 446 g/mol. The summed E-state index contributed by atoms with van der Waals surface area (Å²) < 4.78 is 10.8. The summed E-state index contributed by atoms with van der Waals surface area (Å²) in [5.41, 5.74) is 0.900. The predicted molar refractivity (Wildman–Crippen MR) is 115 cm³/mol. The number of methoxy groups -OCH3 is 1. The summed E-state index contributed by atoms with van der Waals surface area (Å²) in [5, 5.41) is 7.74. The summed E-state index contributed by atoms with van der Waals surface area (Å²) >= 11 is 10.8. The number of anilines is 1. The summed E-state index contributed by atoms with van der Waals surface area (Å²) in [7, 11) is 1.43. The van der Waals surface area contributed by atoms with Gasteiger partial charge in [-0.3, -0.25) is 25.0 Å². The maximum Gasteiger partial charge on any atom is 0.263 e. The zero-order valence-electron chi connectivity index (χ0n) is 15.7. The van der Waals surface area contributed by atoms with Gasteiger partial charge in [-0.1, -0.05) is 29.8 Å². The van der Waals surface area contributed by atoms with E-state index in [1.54, 1.807) is 42.5 Å². The first-order chi connectivity index (χ1) is 14.4. The van der Waals surface area contributed by atoms with Crippen molar-refractivity contribution in [2.45, 2.75) is 0 Å². The lowest BCUT2D eigenvalue weighted by Crippen LogP contribution is -2.51. The number of hydrogen-bond acceptors (Lipinski definition) is 6. The van der Waals surface area contributed by atoms with E-state index >= 15 is 0 Å². The number of thiocarbonyl (C=S) groups is 1. The lowest BCUT2D eigenvalue weighted by Gasteiger charge is -2.16. The lowest BCUT2D eigenvalue weighted by atomic mass is 10.1. The van der Waals surface area contributed by atoms with E-state index in [0.29, 0.717) is 27.8 Å². The van der Waals surface area contributed by atoms with E-state index in [9.17, 15) is 14.4 Å². The smallest absolute Gasteiger partial charge is 0.263 e. The second kappa shape index (κ2) is 9.38. The maximum atomic E-state index is 12.1. The van der Waals surface area contributed by atoms with Crippen LogP contribution in [0.1, 0.15) is 5.56 Å². The Morgan fingerprint density at radius 3 is 2.50 bits per heavy atom. The number of amides is 3. The van der Waals surface area contributed by atoms with Crippen LogP contribution in [0.5, 0.6) is 11.5 Å². The Labute approximate surface area is 182 Å². The molecule has 0 unspecified atom stereocenters. The van der Waals surface area contributed by atoms with Crippen LogP contribution >= 0.6 is 23.8 Å². The molecule has 0 bridgehead atoms. The van der Waals surface area contributed by atoms with Gasteiger partial charge in [0.05, 0.1) is 17.8 Å². The minimum Gasteiger partial charge on any atom is -0.493 e. The molecule has 1 aliphatic heterocycles. The molecule has 0 radical (unpaired) electrons. The fourth-order valence-electron chi connectivity index (χ4n) is 2.56. The summed E-state index contributed by atoms with van der Waals surface area (Å²) in [4.78, 5) is 36.0. The zero-order valence-corrected chi connectivity index (χ0v) is 17.2. The van der Waals surface area contributed by atoms with Crippen molar-refractivity contribution in [3.05, 3.63) is 58.6 Å². The van der Waals surface area contributed by atoms with Crippen molar-refractivity contribution in [2.24, 2.45) is 0 Å². The van der Waals surface area contributed by atoms with Gasteiger partial charge in [-0.05, 0) is 48.1 Å². The number of benzene rings is 2. The highest BCUT2D eigenvalue weighted by Crippen LogP contribution is 2.29. The summed E-state index contributed by atoms with van der Waals surface area (Å²) in [6.07, 6.45) is 1.39.